The Labute approximate surface area is 62.9 Å². The van der Waals surface area contributed by atoms with E-state index in [0.29, 0.717) is 13.2 Å². The molecule has 0 aromatic carbocycles. The molecule has 3 nitrogen and oxygen atoms in total. The molecule has 0 heterocycles. The molecule has 0 aliphatic carbocycles. The SMILES string of the molecule is CCC(O)CN.CCCO. The van der Waals surface area contributed by atoms with Crippen molar-refractivity contribution in [2.45, 2.75) is 32.8 Å². The molecule has 0 aliphatic heterocycles. The molecule has 0 rings (SSSR count). The first kappa shape index (κ1) is 12.5. The maximum Gasteiger partial charge on any atom is 0.0659 e. The molecule has 4 N–H and O–H groups in total. The number of hydrogen-bond acceptors (Lipinski definition) is 3. The zero-order valence-electron chi connectivity index (χ0n) is 6.88. The molecule has 10 heavy (non-hydrogen) atoms. The smallest absolute Gasteiger partial charge is 0.0659 e. The lowest BCUT2D eigenvalue weighted by atomic mass is 10.3. The Kier molecular flexibility index (Phi) is 14.6. The van der Waals surface area contributed by atoms with Crippen molar-refractivity contribution in [1.29, 1.82) is 0 Å². The van der Waals surface area contributed by atoms with Crippen molar-refractivity contribution in [2.24, 2.45) is 5.73 Å². The predicted octanol–water partition coefficient (Wildman–Crippen LogP) is 0.105. The minimum Gasteiger partial charge on any atom is -0.396 e. The second kappa shape index (κ2) is 11.6. The Hall–Kier alpha value is -0.120. The monoisotopic (exact) mass is 149 g/mol. The summed E-state index contributed by atoms with van der Waals surface area (Å²) in [6.45, 7) is 4.54. The van der Waals surface area contributed by atoms with Crippen molar-refractivity contribution in [2.75, 3.05) is 13.2 Å². The average Bonchev–Trinajstić information content (AvgIpc) is 2.03. The van der Waals surface area contributed by atoms with Gasteiger partial charge in [-0.05, 0) is 12.8 Å². The van der Waals surface area contributed by atoms with Crippen molar-refractivity contribution in [3.8, 4) is 0 Å². The zero-order chi connectivity index (χ0) is 8.41. The van der Waals surface area contributed by atoms with E-state index in [4.69, 9.17) is 15.9 Å². The number of nitrogens with two attached hydrogens (primary N) is 1. The Morgan fingerprint density at radius 3 is 1.80 bits per heavy atom. The Morgan fingerprint density at radius 1 is 1.40 bits per heavy atom. The molecule has 0 bridgehead atoms. The lowest BCUT2D eigenvalue weighted by Crippen LogP contribution is -2.17. The molecule has 1 atom stereocenters. The van der Waals surface area contributed by atoms with Crippen LogP contribution in [0.1, 0.15) is 26.7 Å². The summed E-state index contributed by atoms with van der Waals surface area (Å²) in [6.07, 6.45) is 1.35. The molecule has 1 unspecified atom stereocenters. The summed E-state index contributed by atoms with van der Waals surface area (Å²) in [7, 11) is 0. The van der Waals surface area contributed by atoms with Crippen LogP contribution in [0.15, 0.2) is 0 Å². The molecule has 0 saturated heterocycles. The highest BCUT2D eigenvalue weighted by Gasteiger charge is 1.90. The van der Waals surface area contributed by atoms with Crippen LogP contribution in [0.3, 0.4) is 0 Å². The summed E-state index contributed by atoms with van der Waals surface area (Å²) in [5, 5.41) is 16.4. The van der Waals surface area contributed by atoms with Crippen molar-refractivity contribution in [3.63, 3.8) is 0 Å². The van der Waals surface area contributed by atoms with Gasteiger partial charge in [0.1, 0.15) is 0 Å². The highest BCUT2D eigenvalue weighted by atomic mass is 16.3. The van der Waals surface area contributed by atoms with Crippen molar-refractivity contribution in [3.05, 3.63) is 0 Å². The fourth-order valence-corrected chi connectivity index (χ4v) is 0.167. The van der Waals surface area contributed by atoms with Crippen LogP contribution in [0.25, 0.3) is 0 Å². The maximum atomic E-state index is 8.54. The molecule has 3 heteroatoms. The summed E-state index contributed by atoms with van der Waals surface area (Å²) < 4.78 is 0. The number of aliphatic hydroxyl groups excluding tert-OH is 2. The maximum absolute atomic E-state index is 8.54. The van der Waals surface area contributed by atoms with Crippen LogP contribution in [-0.4, -0.2) is 29.5 Å². The molecule has 0 amide bonds. The zero-order valence-corrected chi connectivity index (χ0v) is 6.88. The molecular formula is C7H19NO2. The molecule has 0 aliphatic rings. The Morgan fingerprint density at radius 2 is 1.80 bits per heavy atom. The fourth-order valence-electron chi connectivity index (χ4n) is 0.167. The van der Waals surface area contributed by atoms with E-state index in [2.05, 4.69) is 0 Å². The second-order valence-corrected chi connectivity index (χ2v) is 2.02. The quantitative estimate of drug-likeness (QED) is 0.533. The summed E-state index contributed by atoms with van der Waals surface area (Å²) in [4.78, 5) is 0. The topological polar surface area (TPSA) is 66.5 Å². The van der Waals surface area contributed by atoms with Crippen LogP contribution >= 0.6 is 0 Å². The van der Waals surface area contributed by atoms with E-state index in [1.54, 1.807) is 0 Å². The van der Waals surface area contributed by atoms with E-state index in [1.165, 1.54) is 0 Å². The molecule has 0 spiro atoms. The van der Waals surface area contributed by atoms with E-state index in [-0.39, 0.29) is 6.10 Å². The van der Waals surface area contributed by atoms with Crippen molar-refractivity contribution < 1.29 is 10.2 Å². The number of aliphatic hydroxyl groups is 2. The van der Waals surface area contributed by atoms with Gasteiger partial charge in [0.05, 0.1) is 6.10 Å². The third-order valence-electron chi connectivity index (χ3n) is 0.967. The van der Waals surface area contributed by atoms with Gasteiger partial charge in [-0.3, -0.25) is 0 Å². The minimum absolute atomic E-state index is 0.287. The van der Waals surface area contributed by atoms with E-state index in [9.17, 15) is 0 Å². The van der Waals surface area contributed by atoms with Gasteiger partial charge in [-0.25, -0.2) is 0 Å². The first-order valence-electron chi connectivity index (χ1n) is 3.71. The van der Waals surface area contributed by atoms with E-state index < -0.39 is 0 Å². The van der Waals surface area contributed by atoms with Crippen LogP contribution in [0, 0.1) is 0 Å². The average molecular weight is 149 g/mol. The van der Waals surface area contributed by atoms with E-state index >= 15 is 0 Å². The third kappa shape index (κ3) is 15.7. The Balaban J connectivity index is 0. The van der Waals surface area contributed by atoms with Gasteiger partial charge in [-0.15, -0.1) is 0 Å². The number of rotatable bonds is 3. The molecule has 0 saturated carbocycles. The van der Waals surface area contributed by atoms with Crippen molar-refractivity contribution >= 4 is 0 Å². The molecule has 0 radical (unpaired) electrons. The minimum atomic E-state index is -0.287. The van der Waals surface area contributed by atoms with Gasteiger partial charge in [0.2, 0.25) is 0 Å². The lowest BCUT2D eigenvalue weighted by Gasteiger charge is -1.98. The summed E-state index contributed by atoms with van der Waals surface area (Å²) in [5.74, 6) is 0. The largest absolute Gasteiger partial charge is 0.396 e. The highest BCUT2D eigenvalue weighted by Crippen LogP contribution is 1.81. The van der Waals surface area contributed by atoms with E-state index in [0.717, 1.165) is 12.8 Å². The van der Waals surface area contributed by atoms with Crippen LogP contribution in [-0.2, 0) is 0 Å². The molecule has 64 valence electrons. The first-order chi connectivity index (χ1) is 4.72. The third-order valence-corrected chi connectivity index (χ3v) is 0.967. The summed E-state index contributed by atoms with van der Waals surface area (Å²) >= 11 is 0. The van der Waals surface area contributed by atoms with Gasteiger partial charge in [0.25, 0.3) is 0 Å². The first-order valence-corrected chi connectivity index (χ1v) is 3.71. The normalized spacial score (nSPS) is 11.7. The van der Waals surface area contributed by atoms with Gasteiger partial charge in [0.15, 0.2) is 0 Å². The molecule has 0 fully saturated rings. The van der Waals surface area contributed by atoms with Crippen molar-refractivity contribution in [1.82, 2.24) is 0 Å². The van der Waals surface area contributed by atoms with Gasteiger partial charge >= 0.3 is 0 Å². The van der Waals surface area contributed by atoms with Crippen LogP contribution in [0.2, 0.25) is 0 Å². The summed E-state index contributed by atoms with van der Waals surface area (Å²) in [5.41, 5.74) is 5.03. The predicted molar refractivity (Wildman–Crippen MR) is 42.7 cm³/mol. The van der Waals surface area contributed by atoms with Crippen LogP contribution < -0.4 is 5.73 Å². The van der Waals surface area contributed by atoms with Gasteiger partial charge in [0, 0.05) is 13.2 Å². The van der Waals surface area contributed by atoms with Gasteiger partial charge in [-0.2, -0.15) is 0 Å². The van der Waals surface area contributed by atoms with Gasteiger partial charge < -0.3 is 15.9 Å². The lowest BCUT2D eigenvalue weighted by molar-refractivity contribution is 0.179. The molecule has 0 aromatic rings. The van der Waals surface area contributed by atoms with Crippen LogP contribution in [0.5, 0.6) is 0 Å². The summed E-state index contributed by atoms with van der Waals surface area (Å²) in [6, 6.07) is 0. The van der Waals surface area contributed by atoms with Crippen LogP contribution in [0.4, 0.5) is 0 Å². The molecule has 0 aromatic heterocycles. The van der Waals surface area contributed by atoms with E-state index in [1.807, 2.05) is 13.8 Å². The Bertz CT molecular complexity index is 44.9. The molecular weight excluding hydrogens is 130 g/mol. The highest BCUT2D eigenvalue weighted by molar-refractivity contribution is 4.48. The number of hydrogen-bond donors (Lipinski definition) is 3. The fraction of sp³-hybridized carbons (Fsp3) is 1.00. The van der Waals surface area contributed by atoms with Gasteiger partial charge in [-0.1, -0.05) is 13.8 Å². The second-order valence-electron chi connectivity index (χ2n) is 2.02. The standard InChI is InChI=1S/C4H11NO.C3H8O/c1-2-4(6)3-5;1-2-3-4/h4,6H,2-3,5H2,1H3;4H,2-3H2,1H3.